The van der Waals surface area contributed by atoms with Gasteiger partial charge in [-0.1, -0.05) is 0 Å². The Morgan fingerprint density at radius 1 is 1.42 bits per heavy atom. The maximum absolute atomic E-state index is 9.89. The predicted octanol–water partition coefficient (Wildman–Crippen LogP) is 3.05. The van der Waals surface area contributed by atoms with Crippen molar-refractivity contribution >= 4 is 22.9 Å². The third-order valence-corrected chi connectivity index (χ3v) is 5.02. The topological polar surface area (TPSA) is 36.4 Å². The van der Waals surface area contributed by atoms with Crippen molar-refractivity contribution in [3.05, 3.63) is 16.1 Å². The number of halogens is 1. The van der Waals surface area contributed by atoms with Crippen LogP contribution in [0.5, 0.6) is 0 Å². The third kappa shape index (κ3) is 5.03. The minimum Gasteiger partial charge on any atom is -0.390 e. The molecule has 0 amide bonds. The minimum atomic E-state index is -0.435. The van der Waals surface area contributed by atoms with E-state index in [0.29, 0.717) is 5.88 Å². The molecule has 0 aromatic carbocycles. The fraction of sp³-hybridized carbons (Fsp3) is 0.786. The SMILES string of the molecule is CC1(O)CCN(CCCCc2nc(CCl)cs2)CC1. The number of hydrogen-bond donors (Lipinski definition) is 1. The average Bonchev–Trinajstić information content (AvgIpc) is 2.84. The van der Waals surface area contributed by atoms with Crippen LogP contribution in [0.1, 0.15) is 43.3 Å². The van der Waals surface area contributed by atoms with E-state index in [1.54, 1.807) is 11.3 Å². The Hall–Kier alpha value is -0.160. The lowest BCUT2D eigenvalue weighted by atomic mass is 9.94. The van der Waals surface area contributed by atoms with E-state index in [1.807, 2.05) is 6.92 Å². The van der Waals surface area contributed by atoms with E-state index in [2.05, 4.69) is 15.3 Å². The zero-order valence-electron chi connectivity index (χ0n) is 11.6. The highest BCUT2D eigenvalue weighted by molar-refractivity contribution is 7.09. The van der Waals surface area contributed by atoms with Gasteiger partial charge in [-0.3, -0.25) is 0 Å². The summed E-state index contributed by atoms with van der Waals surface area (Å²) in [4.78, 5) is 6.93. The van der Waals surface area contributed by atoms with Gasteiger partial charge in [0, 0.05) is 18.5 Å². The fourth-order valence-corrected chi connectivity index (χ4v) is 3.46. The molecule has 0 radical (unpaired) electrons. The third-order valence-electron chi connectivity index (χ3n) is 3.78. The molecule has 2 rings (SSSR count). The molecule has 1 aliphatic rings. The molecule has 1 saturated heterocycles. The molecule has 1 aromatic heterocycles. The Morgan fingerprint density at radius 3 is 2.79 bits per heavy atom. The van der Waals surface area contributed by atoms with E-state index in [9.17, 15) is 5.11 Å². The first-order valence-corrected chi connectivity index (χ1v) is 8.44. The maximum Gasteiger partial charge on any atom is 0.0928 e. The smallest absolute Gasteiger partial charge is 0.0928 e. The van der Waals surface area contributed by atoms with E-state index in [0.717, 1.165) is 44.6 Å². The molecule has 5 heteroatoms. The van der Waals surface area contributed by atoms with Crippen LogP contribution in [0.2, 0.25) is 0 Å². The predicted molar refractivity (Wildman–Crippen MR) is 80.9 cm³/mol. The highest BCUT2D eigenvalue weighted by atomic mass is 35.5. The van der Waals surface area contributed by atoms with Gasteiger partial charge in [0.2, 0.25) is 0 Å². The van der Waals surface area contributed by atoms with Gasteiger partial charge in [-0.15, -0.1) is 22.9 Å². The molecule has 0 atom stereocenters. The quantitative estimate of drug-likeness (QED) is 0.648. The number of hydrogen-bond acceptors (Lipinski definition) is 4. The number of rotatable bonds is 6. The van der Waals surface area contributed by atoms with Crippen LogP contribution in [0.25, 0.3) is 0 Å². The van der Waals surface area contributed by atoms with Gasteiger partial charge in [0.25, 0.3) is 0 Å². The molecule has 0 unspecified atom stereocenters. The minimum absolute atomic E-state index is 0.435. The molecular weight excluding hydrogens is 280 g/mol. The Bertz CT molecular complexity index is 385. The number of nitrogens with zero attached hydrogens (tertiary/aromatic N) is 2. The van der Waals surface area contributed by atoms with E-state index in [4.69, 9.17) is 11.6 Å². The van der Waals surface area contributed by atoms with Gasteiger partial charge in [-0.2, -0.15) is 0 Å². The molecule has 3 nitrogen and oxygen atoms in total. The summed E-state index contributed by atoms with van der Waals surface area (Å²) in [6, 6.07) is 0. The molecule has 0 aliphatic carbocycles. The number of aryl methyl sites for hydroxylation is 1. The Balaban J connectivity index is 1.59. The van der Waals surface area contributed by atoms with Crippen molar-refractivity contribution in [1.82, 2.24) is 9.88 Å². The van der Waals surface area contributed by atoms with Crippen molar-refractivity contribution in [3.8, 4) is 0 Å². The summed E-state index contributed by atoms with van der Waals surface area (Å²) in [5, 5.41) is 13.2. The number of likely N-dealkylation sites (tertiary alicyclic amines) is 1. The summed E-state index contributed by atoms with van der Waals surface area (Å²) in [6.45, 7) is 5.15. The van der Waals surface area contributed by atoms with E-state index in [-0.39, 0.29) is 0 Å². The number of alkyl halides is 1. The molecule has 1 aromatic rings. The van der Waals surface area contributed by atoms with E-state index >= 15 is 0 Å². The molecular formula is C14H23ClN2OS. The normalized spacial score (nSPS) is 19.7. The molecule has 1 fully saturated rings. The van der Waals surface area contributed by atoms with Crippen molar-refractivity contribution in [1.29, 1.82) is 0 Å². The van der Waals surface area contributed by atoms with Crippen molar-refractivity contribution in [2.75, 3.05) is 19.6 Å². The first kappa shape index (κ1) is 15.2. The van der Waals surface area contributed by atoms with Gasteiger partial charge < -0.3 is 10.0 Å². The first-order chi connectivity index (χ1) is 9.09. The first-order valence-electron chi connectivity index (χ1n) is 7.03. The molecule has 0 saturated carbocycles. The number of aromatic nitrogens is 1. The number of piperidine rings is 1. The Morgan fingerprint density at radius 2 is 2.16 bits per heavy atom. The largest absolute Gasteiger partial charge is 0.390 e. The summed E-state index contributed by atoms with van der Waals surface area (Å²) < 4.78 is 0. The highest BCUT2D eigenvalue weighted by Gasteiger charge is 2.26. The highest BCUT2D eigenvalue weighted by Crippen LogP contribution is 2.21. The van der Waals surface area contributed by atoms with Crippen LogP contribution in [0, 0.1) is 0 Å². The van der Waals surface area contributed by atoms with Crippen LogP contribution in [0.4, 0.5) is 0 Å². The van der Waals surface area contributed by atoms with Gasteiger partial charge in [-0.05, 0) is 45.6 Å². The van der Waals surface area contributed by atoms with Crippen molar-refractivity contribution < 1.29 is 5.11 Å². The molecule has 1 aliphatic heterocycles. The van der Waals surface area contributed by atoms with Crippen LogP contribution in [0.15, 0.2) is 5.38 Å². The van der Waals surface area contributed by atoms with Gasteiger partial charge in [-0.25, -0.2) is 4.98 Å². The lowest BCUT2D eigenvalue weighted by Gasteiger charge is -2.35. The van der Waals surface area contributed by atoms with E-state index in [1.165, 1.54) is 17.8 Å². The van der Waals surface area contributed by atoms with Crippen molar-refractivity contribution in [3.63, 3.8) is 0 Å². The van der Waals surface area contributed by atoms with Gasteiger partial charge >= 0.3 is 0 Å². The fourth-order valence-electron chi connectivity index (χ4n) is 2.40. The van der Waals surface area contributed by atoms with Crippen LogP contribution in [0.3, 0.4) is 0 Å². The van der Waals surface area contributed by atoms with Gasteiger partial charge in [0.15, 0.2) is 0 Å². The zero-order valence-corrected chi connectivity index (χ0v) is 13.1. The Labute approximate surface area is 124 Å². The Kier molecular flexibility index (Phi) is 5.63. The van der Waals surface area contributed by atoms with Gasteiger partial charge in [0.1, 0.15) is 0 Å². The number of thiazole rings is 1. The lowest BCUT2D eigenvalue weighted by molar-refractivity contribution is -0.00550. The summed E-state index contributed by atoms with van der Waals surface area (Å²) in [5.41, 5.74) is 0.565. The maximum atomic E-state index is 9.89. The average molecular weight is 303 g/mol. The molecule has 108 valence electrons. The number of aliphatic hydroxyl groups is 1. The van der Waals surface area contributed by atoms with E-state index < -0.39 is 5.60 Å². The second kappa shape index (κ2) is 7.02. The van der Waals surface area contributed by atoms with Gasteiger partial charge in [0.05, 0.1) is 22.2 Å². The molecule has 0 spiro atoms. The molecule has 0 bridgehead atoms. The monoisotopic (exact) mass is 302 g/mol. The van der Waals surface area contributed by atoms with Crippen LogP contribution in [-0.4, -0.2) is 40.2 Å². The van der Waals surface area contributed by atoms with Crippen LogP contribution < -0.4 is 0 Å². The summed E-state index contributed by atoms with van der Waals surface area (Å²) in [5.74, 6) is 0.518. The second-order valence-electron chi connectivity index (χ2n) is 5.66. The van der Waals surface area contributed by atoms with Crippen LogP contribution in [-0.2, 0) is 12.3 Å². The summed E-state index contributed by atoms with van der Waals surface area (Å²) in [6.07, 6.45) is 5.25. The standard InChI is InChI=1S/C14H23ClN2OS/c1-14(18)5-8-17(9-6-14)7-3-2-4-13-16-12(10-15)11-19-13/h11,18H,2-10H2,1H3. The van der Waals surface area contributed by atoms with Crippen LogP contribution >= 0.6 is 22.9 Å². The van der Waals surface area contributed by atoms with Crippen molar-refractivity contribution in [2.24, 2.45) is 0 Å². The molecule has 19 heavy (non-hydrogen) atoms. The van der Waals surface area contributed by atoms with Crippen molar-refractivity contribution in [2.45, 2.75) is 50.5 Å². The second-order valence-corrected chi connectivity index (χ2v) is 6.87. The molecule has 1 N–H and O–H groups in total. The number of unbranched alkanes of at least 4 members (excludes halogenated alkanes) is 1. The lowest BCUT2D eigenvalue weighted by Crippen LogP contribution is -2.42. The zero-order chi connectivity index (χ0) is 13.7. The molecule has 2 heterocycles. The summed E-state index contributed by atoms with van der Waals surface area (Å²) in [7, 11) is 0. The summed E-state index contributed by atoms with van der Waals surface area (Å²) >= 11 is 7.46.